The van der Waals surface area contributed by atoms with Crippen LogP contribution in [0.25, 0.3) is 16.9 Å². The van der Waals surface area contributed by atoms with E-state index in [1.807, 2.05) is 18.2 Å². The highest BCUT2D eigenvalue weighted by Gasteiger charge is 2.24. The van der Waals surface area contributed by atoms with Crippen LogP contribution in [0.4, 0.5) is 5.69 Å². The molecule has 154 valence electrons. The molecule has 7 nitrogen and oxygen atoms in total. The van der Waals surface area contributed by atoms with Crippen molar-refractivity contribution in [2.24, 2.45) is 5.92 Å². The Labute approximate surface area is 183 Å². The number of hydrogen-bond acceptors (Lipinski definition) is 6. The molecule has 0 spiro atoms. The zero-order chi connectivity index (χ0) is 21.1. The molecule has 0 unspecified atom stereocenters. The van der Waals surface area contributed by atoms with Gasteiger partial charge in [-0.05, 0) is 71.8 Å². The van der Waals surface area contributed by atoms with E-state index in [2.05, 4.69) is 37.4 Å². The fourth-order valence-electron chi connectivity index (χ4n) is 3.99. The third kappa shape index (κ3) is 4.31. The van der Waals surface area contributed by atoms with Crippen LogP contribution in [0.5, 0.6) is 0 Å². The molecule has 1 aliphatic carbocycles. The predicted molar refractivity (Wildman–Crippen MR) is 117 cm³/mol. The smallest absolute Gasteiger partial charge is 0.305 e. The van der Waals surface area contributed by atoms with Gasteiger partial charge in [0.15, 0.2) is 0 Å². The Bertz CT molecular complexity index is 1110. The van der Waals surface area contributed by atoms with Crippen molar-refractivity contribution in [2.45, 2.75) is 38.1 Å². The van der Waals surface area contributed by atoms with Crippen LogP contribution in [0.1, 0.15) is 37.7 Å². The maximum Gasteiger partial charge on any atom is 0.305 e. The van der Waals surface area contributed by atoms with Crippen LogP contribution in [0.15, 0.2) is 41.1 Å². The summed E-state index contributed by atoms with van der Waals surface area (Å²) >= 11 is 3.60. The molecule has 1 aliphatic rings. The molecule has 3 aromatic rings. The van der Waals surface area contributed by atoms with Gasteiger partial charge in [-0.3, -0.25) is 9.78 Å². The molecule has 0 amide bonds. The monoisotopic (exact) mass is 467 g/mol. The van der Waals surface area contributed by atoms with Gasteiger partial charge < -0.3 is 10.1 Å². The number of carbonyl (C=O) groups is 1. The van der Waals surface area contributed by atoms with Gasteiger partial charge in [0.2, 0.25) is 0 Å². The molecule has 30 heavy (non-hydrogen) atoms. The number of esters is 1. The third-order valence-corrected chi connectivity index (χ3v) is 6.27. The quantitative estimate of drug-likeness (QED) is 0.552. The molecule has 3 aromatic heterocycles. The average molecular weight is 468 g/mol. The molecule has 0 radical (unpaired) electrons. The molecular weight excluding hydrogens is 446 g/mol. The second kappa shape index (κ2) is 8.84. The lowest BCUT2D eigenvalue weighted by Crippen LogP contribution is -2.27. The maximum atomic E-state index is 11.5. The molecule has 0 saturated heterocycles. The number of fused-ring (bicyclic) bond motifs is 1. The van der Waals surface area contributed by atoms with Crippen LogP contribution < -0.4 is 5.32 Å². The van der Waals surface area contributed by atoms with E-state index in [1.165, 1.54) is 7.11 Å². The molecule has 3 heterocycles. The minimum Gasteiger partial charge on any atom is -0.469 e. The predicted octanol–water partition coefficient (Wildman–Crippen LogP) is 4.56. The van der Waals surface area contributed by atoms with Crippen LogP contribution in [-0.4, -0.2) is 33.7 Å². The Hall–Kier alpha value is -2.92. The minimum atomic E-state index is -0.122. The number of nitriles is 1. The first-order valence-electron chi connectivity index (χ1n) is 9.94. The maximum absolute atomic E-state index is 11.5. The summed E-state index contributed by atoms with van der Waals surface area (Å²) in [6.45, 7) is 0. The van der Waals surface area contributed by atoms with Crippen LogP contribution in [0.3, 0.4) is 0 Å². The summed E-state index contributed by atoms with van der Waals surface area (Å²) in [4.78, 5) is 16.1. The zero-order valence-corrected chi connectivity index (χ0v) is 18.2. The molecule has 0 bridgehead atoms. The number of carbonyl (C=O) groups excluding carboxylic acids is 1. The number of hydrogen-bond donors (Lipinski definition) is 1. The van der Waals surface area contributed by atoms with Gasteiger partial charge in [0.05, 0.1) is 45.9 Å². The van der Waals surface area contributed by atoms with Crippen LogP contribution in [-0.2, 0) is 9.53 Å². The van der Waals surface area contributed by atoms with Crippen molar-refractivity contribution in [3.63, 3.8) is 0 Å². The number of pyridine rings is 1. The number of nitrogens with zero attached hydrogens (tertiary/aromatic N) is 4. The molecule has 1 saturated carbocycles. The fourth-order valence-corrected chi connectivity index (χ4v) is 4.32. The SMILES string of the molecule is COC(=O)CC1CCC(Nc2cc(-c3ccc4cc(C#N)cnn34)ncc2Br)CC1. The Morgan fingerprint density at radius 3 is 2.83 bits per heavy atom. The van der Waals surface area contributed by atoms with E-state index in [0.29, 0.717) is 23.9 Å². The Balaban J connectivity index is 1.50. The highest BCUT2D eigenvalue weighted by atomic mass is 79.9. The molecular formula is C22H22BrN5O2. The lowest BCUT2D eigenvalue weighted by molar-refractivity contribution is -0.142. The molecule has 1 N–H and O–H groups in total. The zero-order valence-electron chi connectivity index (χ0n) is 16.6. The van der Waals surface area contributed by atoms with Crippen LogP contribution >= 0.6 is 15.9 Å². The van der Waals surface area contributed by atoms with Gasteiger partial charge in [-0.2, -0.15) is 10.4 Å². The highest BCUT2D eigenvalue weighted by molar-refractivity contribution is 9.10. The highest BCUT2D eigenvalue weighted by Crippen LogP contribution is 2.33. The second-order valence-corrected chi connectivity index (χ2v) is 8.46. The summed E-state index contributed by atoms with van der Waals surface area (Å²) in [6.07, 6.45) is 7.91. The number of methoxy groups -OCH3 is 1. The van der Waals surface area contributed by atoms with Crippen molar-refractivity contribution in [3.8, 4) is 17.5 Å². The fraction of sp³-hybridized carbons (Fsp3) is 0.364. The average Bonchev–Trinajstić information content (AvgIpc) is 3.19. The standard InChI is InChI=1S/C22H22BrN5O2/c1-30-22(29)9-14-2-4-16(5-3-14)27-19-10-20(25-13-18(19)23)21-7-6-17-8-15(11-24)12-26-28(17)21/h6-8,10,12-14,16H,2-5,9H2,1H3,(H,25,27). The molecule has 1 fully saturated rings. The van der Waals surface area contributed by atoms with Gasteiger partial charge in [0, 0.05) is 18.7 Å². The van der Waals surface area contributed by atoms with Gasteiger partial charge in [-0.25, -0.2) is 4.52 Å². The van der Waals surface area contributed by atoms with E-state index in [9.17, 15) is 4.79 Å². The molecule has 4 rings (SSSR count). The Morgan fingerprint density at radius 1 is 1.30 bits per heavy atom. The number of rotatable bonds is 5. The van der Waals surface area contributed by atoms with E-state index in [-0.39, 0.29) is 5.97 Å². The van der Waals surface area contributed by atoms with Crippen molar-refractivity contribution in [3.05, 3.63) is 46.7 Å². The number of aromatic nitrogens is 3. The topological polar surface area (TPSA) is 92.3 Å². The molecule has 0 atom stereocenters. The van der Waals surface area contributed by atoms with E-state index < -0.39 is 0 Å². The summed E-state index contributed by atoms with van der Waals surface area (Å²) in [6, 6.07) is 10.2. The third-order valence-electron chi connectivity index (χ3n) is 5.64. The van der Waals surface area contributed by atoms with Gasteiger partial charge in [0.25, 0.3) is 0 Å². The number of ether oxygens (including phenoxy) is 1. The van der Waals surface area contributed by atoms with Crippen molar-refractivity contribution in [2.75, 3.05) is 12.4 Å². The number of nitrogens with one attached hydrogen (secondary N) is 1. The van der Waals surface area contributed by atoms with Gasteiger partial charge >= 0.3 is 5.97 Å². The molecule has 0 aromatic carbocycles. The second-order valence-electron chi connectivity index (χ2n) is 7.60. The van der Waals surface area contributed by atoms with Crippen molar-refractivity contribution in [1.29, 1.82) is 5.26 Å². The molecule has 8 heteroatoms. The van der Waals surface area contributed by atoms with E-state index in [4.69, 9.17) is 10.00 Å². The van der Waals surface area contributed by atoms with Gasteiger partial charge in [-0.1, -0.05) is 0 Å². The normalized spacial score (nSPS) is 18.7. The Kier molecular flexibility index (Phi) is 6.00. The largest absolute Gasteiger partial charge is 0.469 e. The van der Waals surface area contributed by atoms with E-state index in [1.54, 1.807) is 23.0 Å². The van der Waals surface area contributed by atoms with Gasteiger partial charge in [-0.15, -0.1) is 0 Å². The molecule has 0 aliphatic heterocycles. The first-order valence-corrected chi connectivity index (χ1v) is 10.7. The van der Waals surface area contributed by atoms with Crippen molar-refractivity contribution in [1.82, 2.24) is 14.6 Å². The summed E-state index contributed by atoms with van der Waals surface area (Å²) in [7, 11) is 1.44. The lowest BCUT2D eigenvalue weighted by atomic mass is 9.84. The number of anilines is 1. The van der Waals surface area contributed by atoms with Crippen LogP contribution in [0, 0.1) is 17.2 Å². The van der Waals surface area contributed by atoms with Gasteiger partial charge in [0.1, 0.15) is 6.07 Å². The summed E-state index contributed by atoms with van der Waals surface area (Å²) in [5.74, 6) is 0.284. The summed E-state index contributed by atoms with van der Waals surface area (Å²) in [5.41, 5.74) is 4.04. The first kappa shape index (κ1) is 20.4. The van der Waals surface area contributed by atoms with E-state index in [0.717, 1.165) is 52.7 Å². The lowest BCUT2D eigenvalue weighted by Gasteiger charge is -2.29. The van der Waals surface area contributed by atoms with Crippen molar-refractivity contribution >= 4 is 33.1 Å². The first-order chi connectivity index (χ1) is 14.6. The summed E-state index contributed by atoms with van der Waals surface area (Å²) in [5, 5.41) is 17.1. The number of halogens is 1. The Morgan fingerprint density at radius 2 is 2.10 bits per heavy atom. The van der Waals surface area contributed by atoms with Crippen molar-refractivity contribution < 1.29 is 9.53 Å². The van der Waals surface area contributed by atoms with E-state index >= 15 is 0 Å². The van der Waals surface area contributed by atoms with Crippen LogP contribution in [0.2, 0.25) is 0 Å². The minimum absolute atomic E-state index is 0.122. The summed E-state index contributed by atoms with van der Waals surface area (Å²) < 4.78 is 7.49.